The Morgan fingerprint density at radius 3 is 2.06 bits per heavy atom. The first-order chi connectivity index (χ1) is 22.5. The normalized spacial score (nSPS) is 17.5. The summed E-state index contributed by atoms with van der Waals surface area (Å²) in [7, 11) is 0. The van der Waals surface area contributed by atoms with Crippen LogP contribution in [0.3, 0.4) is 0 Å². The van der Waals surface area contributed by atoms with Gasteiger partial charge in [0.25, 0.3) is 11.8 Å². The minimum atomic E-state index is -0.262. The van der Waals surface area contributed by atoms with Crippen molar-refractivity contribution in [1.82, 2.24) is 0 Å². The van der Waals surface area contributed by atoms with E-state index in [4.69, 9.17) is 0 Å². The third-order valence-electron chi connectivity index (χ3n) is 10.8. The number of hydrogen-bond acceptors (Lipinski definition) is 4. The lowest BCUT2D eigenvalue weighted by molar-refractivity contribution is -0.120. The second-order valence-electron chi connectivity index (χ2n) is 14.4. The molecule has 0 saturated carbocycles. The fourth-order valence-electron chi connectivity index (χ4n) is 7.61. The van der Waals surface area contributed by atoms with Crippen molar-refractivity contribution in [3.05, 3.63) is 76.2 Å². The summed E-state index contributed by atoms with van der Waals surface area (Å²) >= 11 is 1.56. The number of nitrogens with zero attached hydrogens (tertiary/aromatic N) is 1. The van der Waals surface area contributed by atoms with Gasteiger partial charge in [-0.3, -0.25) is 14.4 Å². The maximum Gasteiger partial charge on any atom is 0.272 e. The minimum Gasteiger partial charge on any atom is -0.294 e. The van der Waals surface area contributed by atoms with E-state index >= 15 is 0 Å². The highest BCUT2D eigenvalue weighted by atomic mass is 32.2. The molecule has 1 heterocycles. The molecule has 0 radical (unpaired) electrons. The first-order valence-electron chi connectivity index (χ1n) is 18.4. The van der Waals surface area contributed by atoms with Crippen LogP contribution in [0.5, 0.6) is 0 Å². The predicted molar refractivity (Wildman–Crippen MR) is 201 cm³/mol. The molecule has 4 nitrogen and oxygen atoms in total. The van der Waals surface area contributed by atoms with E-state index < -0.39 is 0 Å². The molecule has 0 aliphatic carbocycles. The van der Waals surface area contributed by atoms with E-state index in [-0.39, 0.29) is 23.0 Å². The maximum atomic E-state index is 13.7. The van der Waals surface area contributed by atoms with E-state index in [9.17, 15) is 14.4 Å². The molecule has 0 spiro atoms. The van der Waals surface area contributed by atoms with Crippen molar-refractivity contribution in [3.8, 4) is 0 Å². The molecule has 258 valence electrons. The van der Waals surface area contributed by atoms with E-state index in [1.54, 1.807) is 43.0 Å². The lowest BCUT2D eigenvalue weighted by Crippen LogP contribution is -2.39. The zero-order valence-corrected chi connectivity index (χ0v) is 31.4. The van der Waals surface area contributed by atoms with Crippen molar-refractivity contribution in [3.63, 3.8) is 0 Å². The average Bonchev–Trinajstić information content (AvgIpc) is 3.28. The Morgan fingerprint density at radius 1 is 0.809 bits per heavy atom. The average molecular weight is 660 g/mol. The Kier molecular flexibility index (Phi) is 15.5. The van der Waals surface area contributed by atoms with Gasteiger partial charge >= 0.3 is 0 Å². The number of hydrogen-bond donors (Lipinski definition) is 0. The minimum absolute atomic E-state index is 0.0413. The number of carbonyl (C=O) groups is 3. The number of amides is 2. The topological polar surface area (TPSA) is 54.5 Å². The van der Waals surface area contributed by atoms with Gasteiger partial charge < -0.3 is 0 Å². The zero-order chi connectivity index (χ0) is 34.6. The van der Waals surface area contributed by atoms with Crippen molar-refractivity contribution in [2.45, 2.75) is 131 Å². The van der Waals surface area contributed by atoms with E-state index in [0.29, 0.717) is 51.8 Å². The molecule has 0 N–H and O–H groups in total. The number of ketones is 1. The van der Waals surface area contributed by atoms with E-state index in [1.807, 2.05) is 0 Å². The quantitative estimate of drug-likeness (QED) is 0.0760. The number of carbonyl (C=O) groups excluding carboxylic acids is 3. The molecule has 0 bridgehead atoms. The molecule has 47 heavy (non-hydrogen) atoms. The third-order valence-corrected chi connectivity index (χ3v) is 12.2. The first-order valence-corrected chi connectivity index (χ1v) is 19.4. The van der Waals surface area contributed by atoms with Crippen LogP contribution >= 0.6 is 11.8 Å². The van der Waals surface area contributed by atoms with E-state index in [2.05, 4.69) is 78.8 Å². The highest BCUT2D eigenvalue weighted by molar-refractivity contribution is 8.04. The van der Waals surface area contributed by atoms with Crippen LogP contribution in [0.15, 0.2) is 65.1 Å². The van der Waals surface area contributed by atoms with E-state index in [0.717, 1.165) is 44.3 Å². The Hall–Kier alpha value is -2.66. The number of unbranched alkanes of at least 4 members (excludes halogenated alkanes) is 4. The van der Waals surface area contributed by atoms with Gasteiger partial charge in [0.1, 0.15) is 0 Å². The van der Waals surface area contributed by atoms with Crippen LogP contribution < -0.4 is 4.90 Å². The zero-order valence-electron chi connectivity index (χ0n) is 30.6. The van der Waals surface area contributed by atoms with Crippen molar-refractivity contribution in [2.24, 2.45) is 23.7 Å². The van der Waals surface area contributed by atoms with Gasteiger partial charge in [-0.25, -0.2) is 4.90 Å². The number of thioether (sulfide) groups is 1. The smallest absolute Gasteiger partial charge is 0.272 e. The highest BCUT2D eigenvalue weighted by Gasteiger charge is 2.41. The van der Waals surface area contributed by atoms with Crippen molar-refractivity contribution in [1.29, 1.82) is 0 Å². The highest BCUT2D eigenvalue weighted by Crippen LogP contribution is 2.46. The molecule has 2 aromatic carbocycles. The molecule has 3 unspecified atom stereocenters. The second kappa shape index (κ2) is 18.8. The third kappa shape index (κ3) is 9.94. The van der Waals surface area contributed by atoms with Crippen LogP contribution in [0, 0.1) is 23.7 Å². The summed E-state index contributed by atoms with van der Waals surface area (Å²) in [5, 5.41) is 0. The van der Waals surface area contributed by atoms with Gasteiger partial charge in [-0.15, -0.1) is 11.8 Å². The summed E-state index contributed by atoms with van der Waals surface area (Å²) in [6, 6.07) is 18.0. The number of benzene rings is 2. The van der Waals surface area contributed by atoms with Crippen molar-refractivity contribution >= 4 is 35.0 Å². The van der Waals surface area contributed by atoms with Gasteiger partial charge in [-0.2, -0.15) is 0 Å². The Balaban J connectivity index is 1.72. The molecule has 2 amide bonds. The molecule has 1 aliphatic heterocycles. The molecule has 3 rings (SSSR count). The molecule has 5 heteroatoms. The van der Waals surface area contributed by atoms with Crippen LogP contribution in [-0.2, 0) is 15.0 Å². The molecule has 0 fully saturated rings. The number of anilines is 1. The largest absolute Gasteiger partial charge is 0.294 e. The van der Waals surface area contributed by atoms with Crippen molar-refractivity contribution in [2.75, 3.05) is 10.7 Å². The molecular formula is C42H61NO3S. The van der Waals surface area contributed by atoms with Crippen LogP contribution in [0.25, 0.3) is 0 Å². The van der Waals surface area contributed by atoms with Gasteiger partial charge in [0, 0.05) is 23.3 Å². The Labute approximate surface area is 290 Å². The van der Waals surface area contributed by atoms with Gasteiger partial charge in [-0.1, -0.05) is 124 Å². The maximum absolute atomic E-state index is 13.7. The summed E-state index contributed by atoms with van der Waals surface area (Å²) in [6.07, 6.45) is 11.8. The standard InChI is InChI=1S/C42H61NO3S/c1-9-12-13-14-18-23-38(44)34-24-26-37(27-25-34)43-40(45)32(6)39(41(43)46)47-29-35(20-11-3)31(5)33(7)42(8,28-30(4)19-10-2)36-21-16-15-17-22-36/h15-17,21-22,24-27,30-31,33,35H,9-14,18-20,23,28-29H2,1-8H3/t30?,31-,33-,35?,42?/m0/s1. The summed E-state index contributed by atoms with van der Waals surface area (Å²) < 4.78 is 0. The number of imide groups is 1. The van der Waals surface area contributed by atoms with Crippen LogP contribution in [-0.4, -0.2) is 23.4 Å². The summed E-state index contributed by atoms with van der Waals surface area (Å²) in [4.78, 5) is 41.7. The predicted octanol–water partition coefficient (Wildman–Crippen LogP) is 11.6. The molecule has 0 saturated heterocycles. The van der Waals surface area contributed by atoms with Crippen LogP contribution in [0.1, 0.15) is 142 Å². The molecule has 5 atom stereocenters. The van der Waals surface area contributed by atoms with Gasteiger partial charge in [0.15, 0.2) is 5.78 Å². The first kappa shape index (κ1) is 38.8. The lowest BCUT2D eigenvalue weighted by Gasteiger charge is -2.44. The summed E-state index contributed by atoms with van der Waals surface area (Å²) in [5.41, 5.74) is 3.14. The monoisotopic (exact) mass is 659 g/mol. The van der Waals surface area contributed by atoms with Gasteiger partial charge in [0.2, 0.25) is 0 Å². The van der Waals surface area contributed by atoms with Crippen LogP contribution in [0.4, 0.5) is 5.69 Å². The van der Waals surface area contributed by atoms with E-state index in [1.165, 1.54) is 36.1 Å². The second-order valence-corrected chi connectivity index (χ2v) is 15.5. The molecule has 1 aliphatic rings. The van der Waals surface area contributed by atoms with Gasteiger partial charge in [-0.05, 0) is 85.1 Å². The fourth-order valence-corrected chi connectivity index (χ4v) is 8.97. The Bertz CT molecular complexity index is 1330. The SMILES string of the molecule is CCCCCCCC(=O)c1ccc(N2C(=O)C(C)=C(SCC(CCC)[C@@H](C)[C@H](C)C(C)(CC(C)CCC)c3ccccc3)C2=O)cc1. The van der Waals surface area contributed by atoms with Crippen molar-refractivity contribution < 1.29 is 14.4 Å². The van der Waals surface area contributed by atoms with Crippen LogP contribution in [0.2, 0.25) is 0 Å². The summed E-state index contributed by atoms with van der Waals surface area (Å²) in [6.45, 7) is 18.2. The number of Topliss-reactive ketones (excluding diaryl/α,β-unsaturated/α-hetero) is 1. The fraction of sp³-hybridized carbons (Fsp3) is 0.595. The molecular weight excluding hydrogens is 599 g/mol. The number of rotatable bonds is 21. The molecule has 0 aromatic heterocycles. The summed E-state index contributed by atoms with van der Waals surface area (Å²) in [5.74, 6) is 2.34. The Morgan fingerprint density at radius 2 is 1.45 bits per heavy atom. The van der Waals surface area contributed by atoms with Gasteiger partial charge in [0.05, 0.1) is 10.6 Å². The lowest BCUT2D eigenvalue weighted by atomic mass is 9.61. The molecule has 2 aromatic rings.